The first-order chi connectivity index (χ1) is 13.0. The van der Waals surface area contributed by atoms with E-state index in [2.05, 4.69) is 4.98 Å². The fourth-order valence-electron chi connectivity index (χ4n) is 2.86. The predicted octanol–water partition coefficient (Wildman–Crippen LogP) is 4.83. The normalized spacial score (nSPS) is 12.4. The van der Waals surface area contributed by atoms with Gasteiger partial charge in [-0.3, -0.25) is 4.79 Å². The Morgan fingerprint density at radius 3 is 2.56 bits per heavy atom. The SMILES string of the molecule is CC(Sc1nc2scc(-c3ccccc3)c2c(=O)n1N)c1ccc(F)cc1. The number of nitrogens with zero attached hydrogens (tertiary/aromatic N) is 2. The number of benzene rings is 2. The molecule has 0 saturated heterocycles. The van der Waals surface area contributed by atoms with Crippen molar-refractivity contribution in [3.63, 3.8) is 0 Å². The number of hydrogen-bond donors (Lipinski definition) is 1. The largest absolute Gasteiger partial charge is 0.334 e. The average Bonchev–Trinajstić information content (AvgIpc) is 3.11. The van der Waals surface area contributed by atoms with E-state index in [1.165, 1.54) is 35.2 Å². The molecule has 2 aromatic heterocycles. The molecule has 4 rings (SSSR count). The molecule has 4 nitrogen and oxygen atoms in total. The Morgan fingerprint density at radius 2 is 1.85 bits per heavy atom. The van der Waals surface area contributed by atoms with Crippen LogP contribution in [0.25, 0.3) is 21.3 Å². The molecule has 136 valence electrons. The Morgan fingerprint density at radius 1 is 1.15 bits per heavy atom. The van der Waals surface area contributed by atoms with Crippen LogP contribution in [0.3, 0.4) is 0 Å². The summed E-state index contributed by atoms with van der Waals surface area (Å²) < 4.78 is 14.2. The van der Waals surface area contributed by atoms with Gasteiger partial charge >= 0.3 is 0 Å². The molecular weight excluding hydrogens is 381 g/mol. The van der Waals surface area contributed by atoms with Crippen LogP contribution >= 0.6 is 23.1 Å². The zero-order chi connectivity index (χ0) is 19.0. The second-order valence-corrected chi connectivity index (χ2v) is 8.24. The van der Waals surface area contributed by atoms with E-state index in [-0.39, 0.29) is 16.6 Å². The van der Waals surface area contributed by atoms with E-state index in [9.17, 15) is 9.18 Å². The molecule has 27 heavy (non-hydrogen) atoms. The standard InChI is InChI=1S/C20H16FN3OS2/c1-12(13-7-9-15(21)10-8-13)27-20-23-18-17(19(25)24(20)22)16(11-26-18)14-5-3-2-4-6-14/h2-12H,22H2,1H3. The first-order valence-electron chi connectivity index (χ1n) is 8.31. The topological polar surface area (TPSA) is 60.9 Å². The number of fused-ring (bicyclic) bond motifs is 1. The maximum atomic E-state index is 13.1. The van der Waals surface area contributed by atoms with E-state index < -0.39 is 0 Å². The van der Waals surface area contributed by atoms with Crippen molar-refractivity contribution < 1.29 is 4.39 Å². The fraction of sp³-hybridized carbons (Fsp3) is 0.100. The van der Waals surface area contributed by atoms with Crippen molar-refractivity contribution in [3.05, 3.63) is 81.7 Å². The van der Waals surface area contributed by atoms with Gasteiger partial charge in [-0.15, -0.1) is 11.3 Å². The van der Waals surface area contributed by atoms with Crippen molar-refractivity contribution >= 4 is 33.3 Å². The highest BCUT2D eigenvalue weighted by molar-refractivity contribution is 7.99. The maximum absolute atomic E-state index is 13.1. The molecule has 2 N–H and O–H groups in total. The summed E-state index contributed by atoms with van der Waals surface area (Å²) in [7, 11) is 0. The Labute approximate surface area is 163 Å². The molecule has 7 heteroatoms. The van der Waals surface area contributed by atoms with Gasteiger partial charge < -0.3 is 5.84 Å². The van der Waals surface area contributed by atoms with Gasteiger partial charge in [-0.1, -0.05) is 54.2 Å². The molecule has 0 spiro atoms. The van der Waals surface area contributed by atoms with E-state index in [4.69, 9.17) is 5.84 Å². The van der Waals surface area contributed by atoms with Gasteiger partial charge in [0.15, 0.2) is 5.16 Å². The molecule has 0 aliphatic heterocycles. The van der Waals surface area contributed by atoms with E-state index in [1.807, 2.05) is 42.6 Å². The third kappa shape index (κ3) is 3.36. The zero-order valence-electron chi connectivity index (χ0n) is 14.4. The summed E-state index contributed by atoms with van der Waals surface area (Å²) in [6.45, 7) is 1.97. The van der Waals surface area contributed by atoms with Crippen molar-refractivity contribution in [2.24, 2.45) is 0 Å². The van der Waals surface area contributed by atoms with E-state index in [1.54, 1.807) is 12.1 Å². The number of nitrogens with two attached hydrogens (primary N) is 1. The van der Waals surface area contributed by atoms with Crippen molar-refractivity contribution in [2.45, 2.75) is 17.3 Å². The minimum Gasteiger partial charge on any atom is -0.334 e. The monoisotopic (exact) mass is 397 g/mol. The molecule has 0 bridgehead atoms. The van der Waals surface area contributed by atoms with E-state index in [0.717, 1.165) is 21.4 Å². The molecule has 0 amide bonds. The molecule has 2 aromatic carbocycles. The van der Waals surface area contributed by atoms with Crippen LogP contribution in [0.5, 0.6) is 0 Å². The summed E-state index contributed by atoms with van der Waals surface area (Å²) in [5.41, 5.74) is 2.47. The molecule has 0 aliphatic rings. The summed E-state index contributed by atoms with van der Waals surface area (Å²) in [6, 6.07) is 16.0. The van der Waals surface area contributed by atoms with Crippen LogP contribution in [-0.2, 0) is 0 Å². The third-order valence-corrected chi connectivity index (χ3v) is 6.31. The van der Waals surface area contributed by atoms with Gasteiger partial charge in [0, 0.05) is 16.2 Å². The van der Waals surface area contributed by atoms with Crippen LogP contribution in [0.4, 0.5) is 4.39 Å². The molecule has 2 heterocycles. The summed E-state index contributed by atoms with van der Waals surface area (Å²) in [6.07, 6.45) is 0. The second-order valence-electron chi connectivity index (χ2n) is 6.08. The van der Waals surface area contributed by atoms with E-state index in [0.29, 0.717) is 15.4 Å². The number of aromatic nitrogens is 2. The van der Waals surface area contributed by atoms with Crippen LogP contribution in [0, 0.1) is 5.82 Å². The lowest BCUT2D eigenvalue weighted by atomic mass is 10.1. The van der Waals surface area contributed by atoms with E-state index >= 15 is 0 Å². The predicted molar refractivity (Wildman–Crippen MR) is 110 cm³/mol. The van der Waals surface area contributed by atoms with Gasteiger partial charge in [-0.25, -0.2) is 14.1 Å². The lowest BCUT2D eigenvalue weighted by Crippen LogP contribution is -2.29. The summed E-state index contributed by atoms with van der Waals surface area (Å²) in [4.78, 5) is 18.2. The van der Waals surface area contributed by atoms with Crippen molar-refractivity contribution in [1.29, 1.82) is 0 Å². The first kappa shape index (κ1) is 17.8. The van der Waals surface area contributed by atoms with Crippen LogP contribution in [0.1, 0.15) is 17.7 Å². The zero-order valence-corrected chi connectivity index (χ0v) is 16.1. The summed E-state index contributed by atoms with van der Waals surface area (Å²) in [5.74, 6) is 5.79. The minimum absolute atomic E-state index is 0.0293. The number of halogens is 1. The molecule has 1 unspecified atom stereocenters. The number of rotatable bonds is 4. The van der Waals surface area contributed by atoms with Crippen LogP contribution in [-0.4, -0.2) is 9.66 Å². The summed E-state index contributed by atoms with van der Waals surface area (Å²) >= 11 is 2.80. The molecule has 0 aliphatic carbocycles. The number of nitrogen functional groups attached to an aromatic ring is 1. The maximum Gasteiger partial charge on any atom is 0.282 e. The highest BCUT2D eigenvalue weighted by Crippen LogP contribution is 2.36. The van der Waals surface area contributed by atoms with Gasteiger partial charge in [0.2, 0.25) is 0 Å². The molecule has 4 aromatic rings. The second kappa shape index (κ2) is 7.17. The van der Waals surface area contributed by atoms with Gasteiger partial charge in [-0.05, 0) is 30.2 Å². The van der Waals surface area contributed by atoms with Gasteiger partial charge in [-0.2, -0.15) is 0 Å². The fourth-order valence-corrected chi connectivity index (χ4v) is 4.80. The number of thiophene rings is 1. The quantitative estimate of drug-likeness (QED) is 0.304. The Bertz CT molecular complexity index is 1150. The molecule has 0 radical (unpaired) electrons. The highest BCUT2D eigenvalue weighted by atomic mass is 32.2. The van der Waals surface area contributed by atoms with Gasteiger partial charge in [0.1, 0.15) is 10.6 Å². The van der Waals surface area contributed by atoms with Crippen molar-refractivity contribution in [3.8, 4) is 11.1 Å². The highest BCUT2D eigenvalue weighted by Gasteiger charge is 2.18. The van der Waals surface area contributed by atoms with Gasteiger partial charge in [0.05, 0.1) is 5.39 Å². The third-order valence-electron chi connectivity index (χ3n) is 4.31. The molecule has 0 saturated carbocycles. The Hall–Kier alpha value is -2.64. The lowest BCUT2D eigenvalue weighted by molar-refractivity contribution is 0.627. The van der Waals surface area contributed by atoms with Crippen LogP contribution in [0.15, 0.2) is 69.9 Å². The Balaban J connectivity index is 1.74. The van der Waals surface area contributed by atoms with Crippen LogP contribution in [0.2, 0.25) is 0 Å². The number of hydrogen-bond acceptors (Lipinski definition) is 5. The smallest absolute Gasteiger partial charge is 0.282 e. The van der Waals surface area contributed by atoms with Gasteiger partial charge in [0.25, 0.3) is 5.56 Å². The molecule has 0 fully saturated rings. The molecular formula is C20H16FN3OS2. The first-order valence-corrected chi connectivity index (χ1v) is 10.1. The summed E-state index contributed by atoms with van der Waals surface area (Å²) in [5, 5.41) is 2.88. The molecule has 1 atom stereocenters. The van der Waals surface area contributed by atoms with Crippen LogP contribution < -0.4 is 11.4 Å². The van der Waals surface area contributed by atoms with Crippen molar-refractivity contribution in [1.82, 2.24) is 9.66 Å². The average molecular weight is 398 g/mol. The number of thioether (sulfide) groups is 1. The Kier molecular flexibility index (Phi) is 4.72. The minimum atomic E-state index is -0.279. The lowest BCUT2D eigenvalue weighted by Gasteiger charge is -2.13. The van der Waals surface area contributed by atoms with Crippen molar-refractivity contribution in [2.75, 3.05) is 5.84 Å².